The molecule has 0 unspecified atom stereocenters. The van der Waals surface area contributed by atoms with E-state index in [9.17, 15) is 0 Å². The molecular formula is C14H14BrClN2. The highest BCUT2D eigenvalue weighted by Gasteiger charge is 2.10. The standard InChI is InChI=1S/C14H14BrClN2/c1-9-3-4-10(15)7-14(9)18(2)13-6-5-11(16)8-12(13)17/h3-8H,17H2,1-2H3. The highest BCUT2D eigenvalue weighted by atomic mass is 79.9. The van der Waals surface area contributed by atoms with Crippen molar-refractivity contribution in [2.75, 3.05) is 17.7 Å². The van der Waals surface area contributed by atoms with E-state index in [1.165, 1.54) is 5.56 Å². The monoisotopic (exact) mass is 324 g/mol. The lowest BCUT2D eigenvalue weighted by atomic mass is 10.1. The molecule has 0 saturated carbocycles. The lowest BCUT2D eigenvalue weighted by molar-refractivity contribution is 1.18. The summed E-state index contributed by atoms with van der Waals surface area (Å²) in [5.41, 5.74) is 9.93. The van der Waals surface area contributed by atoms with Crippen LogP contribution in [0.5, 0.6) is 0 Å². The molecule has 0 saturated heterocycles. The first-order chi connectivity index (χ1) is 8.49. The predicted octanol–water partition coefficient (Wildman–Crippen LogP) is 4.76. The number of nitrogens with two attached hydrogens (primary N) is 1. The summed E-state index contributed by atoms with van der Waals surface area (Å²) < 4.78 is 1.04. The van der Waals surface area contributed by atoms with Gasteiger partial charge in [-0.15, -0.1) is 0 Å². The molecule has 18 heavy (non-hydrogen) atoms. The topological polar surface area (TPSA) is 29.3 Å². The highest BCUT2D eigenvalue weighted by Crippen LogP contribution is 2.33. The van der Waals surface area contributed by atoms with E-state index in [1.807, 2.05) is 25.2 Å². The van der Waals surface area contributed by atoms with Crippen molar-refractivity contribution < 1.29 is 0 Å². The normalized spacial score (nSPS) is 10.4. The van der Waals surface area contributed by atoms with Crippen molar-refractivity contribution >= 4 is 44.6 Å². The Morgan fingerprint density at radius 2 is 1.83 bits per heavy atom. The summed E-state index contributed by atoms with van der Waals surface area (Å²) in [5, 5.41) is 0.649. The summed E-state index contributed by atoms with van der Waals surface area (Å²) >= 11 is 9.41. The number of halogens is 2. The average Bonchev–Trinajstić information content (AvgIpc) is 2.31. The smallest absolute Gasteiger partial charge is 0.0642 e. The molecule has 0 radical (unpaired) electrons. The number of hydrogen-bond donors (Lipinski definition) is 1. The molecule has 2 N–H and O–H groups in total. The van der Waals surface area contributed by atoms with E-state index < -0.39 is 0 Å². The molecule has 0 atom stereocenters. The summed E-state index contributed by atoms with van der Waals surface area (Å²) in [7, 11) is 1.99. The van der Waals surface area contributed by atoms with Crippen LogP contribution >= 0.6 is 27.5 Å². The molecular weight excluding hydrogens is 312 g/mol. The van der Waals surface area contributed by atoms with E-state index >= 15 is 0 Å². The molecule has 94 valence electrons. The summed E-state index contributed by atoms with van der Waals surface area (Å²) in [4.78, 5) is 2.06. The SMILES string of the molecule is Cc1ccc(Br)cc1N(C)c1ccc(Cl)cc1N. The van der Waals surface area contributed by atoms with Crippen LogP contribution in [-0.2, 0) is 0 Å². The molecule has 0 amide bonds. The number of anilines is 3. The van der Waals surface area contributed by atoms with Crippen molar-refractivity contribution in [1.29, 1.82) is 0 Å². The molecule has 0 aliphatic rings. The first kappa shape index (κ1) is 13.2. The fourth-order valence-electron chi connectivity index (χ4n) is 1.90. The van der Waals surface area contributed by atoms with Gasteiger partial charge in [-0.05, 0) is 42.8 Å². The number of nitrogen functional groups attached to an aromatic ring is 1. The Morgan fingerprint density at radius 3 is 2.50 bits per heavy atom. The Morgan fingerprint density at radius 1 is 1.11 bits per heavy atom. The second kappa shape index (κ2) is 5.21. The van der Waals surface area contributed by atoms with E-state index in [-0.39, 0.29) is 0 Å². The molecule has 0 aliphatic carbocycles. The quantitative estimate of drug-likeness (QED) is 0.807. The van der Waals surface area contributed by atoms with Crippen LogP contribution in [0.15, 0.2) is 40.9 Å². The van der Waals surface area contributed by atoms with Gasteiger partial charge in [-0.1, -0.05) is 33.6 Å². The Labute approximate surface area is 120 Å². The van der Waals surface area contributed by atoms with Gasteiger partial charge in [0.1, 0.15) is 0 Å². The lowest BCUT2D eigenvalue weighted by Gasteiger charge is -2.23. The molecule has 0 aromatic heterocycles. The van der Waals surface area contributed by atoms with Crippen LogP contribution in [0.3, 0.4) is 0 Å². The Bertz CT molecular complexity index is 584. The summed E-state index contributed by atoms with van der Waals surface area (Å²) in [6.07, 6.45) is 0. The van der Waals surface area contributed by atoms with Crippen molar-refractivity contribution in [1.82, 2.24) is 0 Å². The first-order valence-corrected chi connectivity index (χ1v) is 6.71. The van der Waals surface area contributed by atoms with Gasteiger partial charge >= 0.3 is 0 Å². The van der Waals surface area contributed by atoms with Crippen molar-refractivity contribution in [2.45, 2.75) is 6.92 Å². The molecule has 0 aliphatic heterocycles. The number of rotatable bonds is 2. The zero-order valence-corrected chi connectivity index (χ0v) is 12.6. The molecule has 0 heterocycles. The summed E-state index contributed by atoms with van der Waals surface area (Å²) in [6, 6.07) is 11.7. The maximum Gasteiger partial charge on any atom is 0.0642 e. The Balaban J connectivity index is 2.47. The van der Waals surface area contributed by atoms with Gasteiger partial charge in [0.25, 0.3) is 0 Å². The predicted molar refractivity (Wildman–Crippen MR) is 82.8 cm³/mol. The van der Waals surface area contributed by atoms with Crippen molar-refractivity contribution in [2.24, 2.45) is 0 Å². The zero-order chi connectivity index (χ0) is 13.3. The van der Waals surface area contributed by atoms with E-state index in [2.05, 4.69) is 39.9 Å². The molecule has 4 heteroatoms. The Hall–Kier alpha value is -1.19. The van der Waals surface area contributed by atoms with Crippen LogP contribution in [0, 0.1) is 6.92 Å². The Kier molecular flexibility index (Phi) is 3.83. The number of aryl methyl sites for hydroxylation is 1. The van der Waals surface area contributed by atoms with Crippen molar-refractivity contribution in [3.05, 3.63) is 51.5 Å². The second-order valence-corrected chi connectivity index (χ2v) is 5.55. The third kappa shape index (κ3) is 2.62. The molecule has 2 aromatic carbocycles. The summed E-state index contributed by atoms with van der Waals surface area (Å²) in [5.74, 6) is 0. The van der Waals surface area contributed by atoms with Gasteiger partial charge in [0.15, 0.2) is 0 Å². The summed E-state index contributed by atoms with van der Waals surface area (Å²) in [6.45, 7) is 2.07. The molecule has 2 rings (SSSR count). The van der Waals surface area contributed by atoms with Gasteiger partial charge in [-0.25, -0.2) is 0 Å². The van der Waals surface area contributed by atoms with Gasteiger partial charge in [-0.2, -0.15) is 0 Å². The van der Waals surface area contributed by atoms with Gasteiger partial charge in [0, 0.05) is 22.2 Å². The minimum Gasteiger partial charge on any atom is -0.397 e. The number of nitrogens with zero attached hydrogens (tertiary/aromatic N) is 1. The molecule has 0 spiro atoms. The van der Waals surface area contributed by atoms with Gasteiger partial charge in [-0.3, -0.25) is 0 Å². The fraction of sp³-hybridized carbons (Fsp3) is 0.143. The van der Waals surface area contributed by atoms with Gasteiger partial charge < -0.3 is 10.6 Å². The third-order valence-corrected chi connectivity index (χ3v) is 3.61. The second-order valence-electron chi connectivity index (χ2n) is 4.19. The minimum absolute atomic E-state index is 0.649. The van der Waals surface area contributed by atoms with Gasteiger partial charge in [0.2, 0.25) is 0 Å². The van der Waals surface area contributed by atoms with Crippen LogP contribution in [0.25, 0.3) is 0 Å². The number of benzene rings is 2. The van der Waals surface area contributed by atoms with E-state index in [1.54, 1.807) is 6.07 Å². The van der Waals surface area contributed by atoms with Crippen LogP contribution < -0.4 is 10.6 Å². The van der Waals surface area contributed by atoms with E-state index in [0.717, 1.165) is 15.8 Å². The average molecular weight is 326 g/mol. The van der Waals surface area contributed by atoms with Crippen LogP contribution in [0.1, 0.15) is 5.56 Å². The third-order valence-electron chi connectivity index (χ3n) is 2.88. The van der Waals surface area contributed by atoms with Crippen molar-refractivity contribution in [3.63, 3.8) is 0 Å². The molecule has 2 nitrogen and oxygen atoms in total. The van der Waals surface area contributed by atoms with Crippen LogP contribution in [0.4, 0.5) is 17.1 Å². The number of hydrogen-bond acceptors (Lipinski definition) is 2. The lowest BCUT2D eigenvalue weighted by Crippen LogP contribution is -2.12. The van der Waals surface area contributed by atoms with Gasteiger partial charge in [0.05, 0.1) is 11.4 Å². The zero-order valence-electron chi connectivity index (χ0n) is 10.2. The maximum absolute atomic E-state index is 6.01. The molecule has 2 aromatic rings. The van der Waals surface area contributed by atoms with Crippen LogP contribution in [0.2, 0.25) is 5.02 Å². The maximum atomic E-state index is 6.01. The largest absolute Gasteiger partial charge is 0.397 e. The van der Waals surface area contributed by atoms with E-state index in [0.29, 0.717) is 10.7 Å². The highest BCUT2D eigenvalue weighted by molar-refractivity contribution is 9.10. The van der Waals surface area contributed by atoms with E-state index in [4.69, 9.17) is 17.3 Å². The first-order valence-electron chi connectivity index (χ1n) is 5.54. The van der Waals surface area contributed by atoms with Crippen LogP contribution in [-0.4, -0.2) is 7.05 Å². The molecule has 0 bridgehead atoms. The minimum atomic E-state index is 0.649. The van der Waals surface area contributed by atoms with Crippen molar-refractivity contribution in [3.8, 4) is 0 Å². The molecule has 0 fully saturated rings. The fourth-order valence-corrected chi connectivity index (χ4v) is 2.43.